The Kier molecular flexibility index (Phi) is 103. The van der Waals surface area contributed by atoms with Crippen molar-refractivity contribution in [3.63, 3.8) is 0 Å². The zero-order valence-electron chi connectivity index (χ0n) is 86.3. The lowest BCUT2D eigenvalue weighted by molar-refractivity contribution is -0.131. The largest absolute Gasteiger partial charge is 0.382 e. The van der Waals surface area contributed by atoms with Crippen LogP contribution in [-0.4, -0.2) is 542 Å². The summed E-state index contributed by atoms with van der Waals surface area (Å²) in [6.45, 7) is 27.2. The molecule has 0 aliphatic carbocycles. The van der Waals surface area contributed by atoms with Gasteiger partial charge in [0, 0.05) is 86.1 Å². The first-order valence-electron chi connectivity index (χ1n) is 50.6. The number of ether oxygens (including phenoxy) is 37. The summed E-state index contributed by atoms with van der Waals surface area (Å²) in [5.74, 6) is -1.54. The summed E-state index contributed by atoms with van der Waals surface area (Å²) in [5.41, 5.74) is -0.767. The normalized spacial score (nSPS) is 12.3. The minimum atomic E-state index is -1.39. The van der Waals surface area contributed by atoms with Crippen LogP contribution in [0.3, 0.4) is 0 Å². The topological polar surface area (TPSA) is 459 Å². The van der Waals surface area contributed by atoms with E-state index in [0.29, 0.717) is 447 Å². The second-order valence-corrected chi connectivity index (χ2v) is 31.2. The van der Waals surface area contributed by atoms with Crippen molar-refractivity contribution in [1.29, 1.82) is 0 Å². The highest BCUT2D eigenvalue weighted by Crippen LogP contribution is 2.22. The Balaban J connectivity index is 1.76. The number of benzene rings is 1. The molecule has 2 rings (SSSR count). The Morgan fingerprint density at radius 2 is 0.364 bits per heavy atom. The molecule has 3 amide bonds. The zero-order valence-corrected chi connectivity index (χ0v) is 86.3. The van der Waals surface area contributed by atoms with Crippen LogP contribution < -0.4 is 5.32 Å². The Morgan fingerprint density at radius 3 is 0.545 bits per heavy atom. The molecule has 45 nitrogen and oxygen atoms in total. The first-order valence-corrected chi connectivity index (χ1v) is 50.6. The van der Waals surface area contributed by atoms with Crippen molar-refractivity contribution in [3.05, 3.63) is 35.4 Å². The third-order valence-electron chi connectivity index (χ3n) is 19.5. The van der Waals surface area contributed by atoms with Crippen LogP contribution in [0.2, 0.25) is 0 Å². The fourth-order valence-electron chi connectivity index (χ4n) is 12.0. The molecule has 1 aromatic rings. The summed E-state index contributed by atoms with van der Waals surface area (Å²) < 4.78 is 205. The number of nitrogens with zero attached hydrogens (tertiary/aromatic N) is 1. The summed E-state index contributed by atoms with van der Waals surface area (Å²) >= 11 is 0. The number of fused-ring (bicyclic) bond motifs is 1. The SMILES string of the molecule is COCCOCCOCCOCCOCCOCCOCCOCCOCCOCCOCCCC(=O)CCOCC(COCCC(=O)CCCOCCOCCOCCOCCOCCOCCOCCOCCOCCOCCOC)(COCCC(=O)CCCOCCOCCOCCOCCOCCOCCOCCOCCOCCOCCOC)NC(=O)CCOCCN1C(=O)c2ccccc2C1=O. The van der Waals surface area contributed by atoms with Crippen molar-refractivity contribution in [3.8, 4) is 0 Å². The van der Waals surface area contributed by atoms with Gasteiger partial charge in [-0.15, -0.1) is 0 Å². The van der Waals surface area contributed by atoms with Crippen LogP contribution in [0.25, 0.3) is 0 Å². The standard InChI is InChI=1S/C98H178N2O43/c1-107-27-30-114-39-42-120-51-54-126-63-66-132-75-78-138-84-81-135-72-69-129-60-57-123-48-45-117-36-33-110-19-6-9-90(101)14-22-141-87-98(99-95(104)17-25-113-26-18-100-96(105)93-12-4-5-13-94(93)97(100)106,88-142-23-15-91(102)10-7-20-111-34-37-118-46-49-124-58-61-130-70-73-136-82-85-139-79-76-133-67-64-127-55-52-121-43-40-115-31-28-108-2)89-143-24-16-92(103)11-8-21-112-35-38-119-47-50-125-59-62-131-71-74-137-83-86-140-80-77-134-68-65-128-56-53-122-44-41-116-32-29-109-3/h4-5,12-13H,6-11,14-89H2,1-3H3,(H,99,104). The van der Waals surface area contributed by atoms with Crippen LogP contribution in [0, 0.1) is 0 Å². The van der Waals surface area contributed by atoms with E-state index in [4.69, 9.17) is 175 Å². The molecule has 1 aromatic carbocycles. The van der Waals surface area contributed by atoms with Gasteiger partial charge < -0.3 is 181 Å². The van der Waals surface area contributed by atoms with E-state index < -0.39 is 23.3 Å². The lowest BCUT2D eigenvalue weighted by Gasteiger charge is -2.34. The molecule has 0 saturated carbocycles. The Bertz CT molecular complexity index is 2660. The van der Waals surface area contributed by atoms with E-state index in [9.17, 15) is 28.8 Å². The van der Waals surface area contributed by atoms with Crippen LogP contribution >= 0.6 is 0 Å². The predicted octanol–water partition coefficient (Wildman–Crippen LogP) is 3.25. The molecular formula is C98H178N2O43. The Hall–Kier alpha value is -4.64. The van der Waals surface area contributed by atoms with Crippen molar-refractivity contribution < 1.29 is 204 Å². The fourth-order valence-corrected chi connectivity index (χ4v) is 12.0. The third kappa shape index (κ3) is 93.2. The van der Waals surface area contributed by atoms with Crippen LogP contribution in [0.15, 0.2) is 24.3 Å². The zero-order chi connectivity index (χ0) is 102. The molecular weight excluding hydrogens is 1890 g/mol. The summed E-state index contributed by atoms with van der Waals surface area (Å²) in [6, 6.07) is 6.56. The predicted molar refractivity (Wildman–Crippen MR) is 517 cm³/mol. The smallest absolute Gasteiger partial charge is 0.261 e. The van der Waals surface area contributed by atoms with Crippen LogP contribution in [0.4, 0.5) is 0 Å². The first kappa shape index (κ1) is 134. The molecule has 1 N–H and O–H groups in total. The number of hydrogen-bond donors (Lipinski definition) is 1. The van der Waals surface area contributed by atoms with E-state index in [1.54, 1.807) is 45.6 Å². The quantitative estimate of drug-likeness (QED) is 0.0722. The van der Waals surface area contributed by atoms with E-state index >= 15 is 0 Å². The lowest BCUT2D eigenvalue weighted by atomic mass is 10.0. The maximum absolute atomic E-state index is 14.0. The van der Waals surface area contributed by atoms with Crippen LogP contribution in [0.1, 0.15) is 84.9 Å². The lowest BCUT2D eigenvalue weighted by Crippen LogP contribution is -2.59. The van der Waals surface area contributed by atoms with Gasteiger partial charge in [0.2, 0.25) is 5.91 Å². The number of imide groups is 1. The highest BCUT2D eigenvalue weighted by Gasteiger charge is 2.36. The molecule has 0 radical (unpaired) electrons. The highest BCUT2D eigenvalue weighted by atomic mass is 16.6. The fraction of sp³-hybridized carbons (Fsp3) is 0.878. The van der Waals surface area contributed by atoms with Gasteiger partial charge in [0.15, 0.2) is 0 Å². The molecule has 0 atom stereocenters. The molecule has 0 saturated heterocycles. The van der Waals surface area contributed by atoms with Crippen molar-refractivity contribution >= 4 is 35.1 Å². The van der Waals surface area contributed by atoms with Crippen molar-refractivity contribution in [2.24, 2.45) is 0 Å². The number of hydrogen-bond acceptors (Lipinski definition) is 43. The summed E-state index contributed by atoms with van der Waals surface area (Å²) in [4.78, 5) is 80.7. The molecule has 0 unspecified atom stereocenters. The first-order chi connectivity index (χ1) is 70.7. The third-order valence-corrected chi connectivity index (χ3v) is 19.5. The molecule has 1 aliphatic heterocycles. The second-order valence-electron chi connectivity index (χ2n) is 31.2. The van der Waals surface area contributed by atoms with Crippen LogP contribution in [-0.2, 0) is 194 Å². The molecule has 0 bridgehead atoms. The number of carbonyl (C=O) groups is 6. The van der Waals surface area contributed by atoms with Gasteiger partial charge in [-0.25, -0.2) is 0 Å². The minimum Gasteiger partial charge on any atom is -0.382 e. The molecule has 838 valence electrons. The Labute approximate surface area is 847 Å². The summed E-state index contributed by atoms with van der Waals surface area (Å²) in [7, 11) is 4.90. The van der Waals surface area contributed by atoms with E-state index in [2.05, 4.69) is 5.32 Å². The number of carbonyl (C=O) groups excluding carboxylic acids is 6. The minimum absolute atomic E-state index is 0.0124. The van der Waals surface area contributed by atoms with Gasteiger partial charge in [0.1, 0.15) is 22.9 Å². The van der Waals surface area contributed by atoms with Gasteiger partial charge >= 0.3 is 0 Å². The van der Waals surface area contributed by atoms with E-state index in [-0.39, 0.29) is 122 Å². The summed E-state index contributed by atoms with van der Waals surface area (Å²) in [5, 5.41) is 3.03. The number of rotatable bonds is 124. The molecule has 143 heavy (non-hydrogen) atoms. The van der Waals surface area contributed by atoms with E-state index in [0.717, 1.165) is 4.90 Å². The average Bonchev–Trinajstić information content (AvgIpc) is 1.64. The van der Waals surface area contributed by atoms with Gasteiger partial charge in [-0.1, -0.05) is 12.1 Å². The number of nitrogens with one attached hydrogen (secondary N) is 1. The monoisotopic (exact) mass is 2070 g/mol. The second kappa shape index (κ2) is 110. The molecule has 45 heteroatoms. The van der Waals surface area contributed by atoms with E-state index in [1.165, 1.54) is 0 Å². The molecule has 0 spiro atoms. The van der Waals surface area contributed by atoms with Crippen molar-refractivity contribution in [2.45, 2.75) is 69.7 Å². The number of amides is 3. The maximum atomic E-state index is 14.0. The van der Waals surface area contributed by atoms with E-state index in [1.807, 2.05) is 0 Å². The molecule has 1 heterocycles. The van der Waals surface area contributed by atoms with Gasteiger partial charge in [-0.3, -0.25) is 33.7 Å². The highest BCUT2D eigenvalue weighted by molar-refractivity contribution is 6.21. The van der Waals surface area contributed by atoms with Crippen molar-refractivity contribution in [1.82, 2.24) is 10.2 Å². The molecule has 1 aliphatic rings. The van der Waals surface area contributed by atoms with Gasteiger partial charge in [-0.2, -0.15) is 0 Å². The Morgan fingerprint density at radius 1 is 0.203 bits per heavy atom. The van der Waals surface area contributed by atoms with Crippen LogP contribution in [0.5, 0.6) is 0 Å². The maximum Gasteiger partial charge on any atom is 0.261 e. The number of Topliss-reactive ketones (excluding diaryl/α,β-unsaturated/α-hetero) is 3. The van der Waals surface area contributed by atoms with Gasteiger partial charge in [0.25, 0.3) is 11.8 Å². The number of methoxy groups -OCH3 is 3. The molecule has 0 fully saturated rings. The average molecular weight is 2070 g/mol. The van der Waals surface area contributed by atoms with Crippen molar-refractivity contribution in [2.75, 3.05) is 497 Å². The van der Waals surface area contributed by atoms with Gasteiger partial charge in [0.05, 0.1) is 467 Å². The number of ketones is 3. The summed E-state index contributed by atoms with van der Waals surface area (Å²) in [6.07, 6.45) is 2.11. The van der Waals surface area contributed by atoms with Gasteiger partial charge in [-0.05, 0) is 31.4 Å². The molecule has 0 aromatic heterocycles.